The summed E-state index contributed by atoms with van der Waals surface area (Å²) in [7, 11) is 0. The van der Waals surface area contributed by atoms with Crippen LogP contribution in [0.4, 0.5) is 16.2 Å². The van der Waals surface area contributed by atoms with Crippen molar-refractivity contribution in [1.82, 2.24) is 4.90 Å². The van der Waals surface area contributed by atoms with Crippen molar-refractivity contribution < 1.29 is 9.53 Å². The molecule has 0 aliphatic carbocycles. The van der Waals surface area contributed by atoms with Gasteiger partial charge >= 0.3 is 6.09 Å². The first-order chi connectivity index (χ1) is 10.2. The van der Waals surface area contributed by atoms with Crippen LogP contribution in [0.5, 0.6) is 0 Å². The summed E-state index contributed by atoms with van der Waals surface area (Å²) in [5, 5.41) is 3.45. The number of aryl methyl sites for hydroxylation is 1. The van der Waals surface area contributed by atoms with Gasteiger partial charge in [-0.3, -0.25) is 0 Å². The van der Waals surface area contributed by atoms with E-state index in [1.54, 1.807) is 4.90 Å². The quantitative estimate of drug-likeness (QED) is 0.822. The molecule has 22 heavy (non-hydrogen) atoms. The summed E-state index contributed by atoms with van der Waals surface area (Å²) in [4.78, 5) is 13.9. The van der Waals surface area contributed by atoms with Crippen LogP contribution in [0.15, 0.2) is 18.2 Å². The Morgan fingerprint density at radius 2 is 2.14 bits per heavy atom. The van der Waals surface area contributed by atoms with Crippen LogP contribution in [0.3, 0.4) is 0 Å². The number of amides is 1. The number of nitrogen functional groups attached to an aromatic ring is 1. The van der Waals surface area contributed by atoms with E-state index in [-0.39, 0.29) is 12.1 Å². The summed E-state index contributed by atoms with van der Waals surface area (Å²) in [5.41, 5.74) is 8.41. The number of nitrogens with one attached hydrogen (secondary N) is 1. The van der Waals surface area contributed by atoms with Gasteiger partial charge in [0.05, 0.1) is 11.4 Å². The molecule has 1 aromatic rings. The smallest absolute Gasteiger partial charge is 0.410 e. The van der Waals surface area contributed by atoms with Gasteiger partial charge in [-0.05, 0) is 58.2 Å². The zero-order chi connectivity index (χ0) is 16.3. The van der Waals surface area contributed by atoms with Gasteiger partial charge in [-0.15, -0.1) is 0 Å². The number of carbonyl (C=O) groups excluding carboxylic acids is 1. The molecule has 1 aromatic carbocycles. The first-order valence-corrected chi connectivity index (χ1v) is 7.85. The van der Waals surface area contributed by atoms with Crippen molar-refractivity contribution in [1.29, 1.82) is 0 Å². The van der Waals surface area contributed by atoms with Crippen molar-refractivity contribution in [3.8, 4) is 0 Å². The topological polar surface area (TPSA) is 67.6 Å². The minimum Gasteiger partial charge on any atom is -0.444 e. The second kappa shape index (κ2) is 6.46. The van der Waals surface area contributed by atoms with Crippen LogP contribution < -0.4 is 11.1 Å². The molecular formula is C17H27N3O2. The van der Waals surface area contributed by atoms with Crippen molar-refractivity contribution in [2.75, 3.05) is 24.1 Å². The number of nitrogens with zero attached hydrogens (tertiary/aromatic N) is 1. The summed E-state index contributed by atoms with van der Waals surface area (Å²) in [6, 6.07) is 6.19. The Kier molecular flexibility index (Phi) is 4.84. The van der Waals surface area contributed by atoms with Crippen molar-refractivity contribution in [2.24, 2.45) is 0 Å². The largest absolute Gasteiger partial charge is 0.444 e. The minimum atomic E-state index is -0.459. The minimum absolute atomic E-state index is 0.200. The molecule has 0 saturated carbocycles. The van der Waals surface area contributed by atoms with Crippen molar-refractivity contribution in [2.45, 2.75) is 52.2 Å². The van der Waals surface area contributed by atoms with Crippen molar-refractivity contribution in [3.63, 3.8) is 0 Å². The third-order valence-electron chi connectivity index (χ3n) is 3.64. The van der Waals surface area contributed by atoms with Gasteiger partial charge in [-0.2, -0.15) is 0 Å². The lowest BCUT2D eigenvalue weighted by molar-refractivity contribution is 0.0206. The fourth-order valence-electron chi connectivity index (χ4n) is 2.62. The zero-order valence-corrected chi connectivity index (χ0v) is 14.0. The fourth-order valence-corrected chi connectivity index (χ4v) is 2.62. The van der Waals surface area contributed by atoms with E-state index in [0.29, 0.717) is 6.54 Å². The summed E-state index contributed by atoms with van der Waals surface area (Å²) in [5.74, 6) is 0. The Morgan fingerprint density at radius 3 is 2.77 bits per heavy atom. The molecule has 1 fully saturated rings. The van der Waals surface area contributed by atoms with E-state index in [0.717, 1.165) is 36.3 Å². The highest BCUT2D eigenvalue weighted by Crippen LogP contribution is 2.23. The molecule has 1 atom stereocenters. The molecule has 1 heterocycles. The summed E-state index contributed by atoms with van der Waals surface area (Å²) < 4.78 is 5.45. The second-order valence-corrected chi connectivity index (χ2v) is 7.00. The summed E-state index contributed by atoms with van der Waals surface area (Å²) in [6.45, 7) is 9.07. The lowest BCUT2D eigenvalue weighted by Gasteiger charge is -2.35. The van der Waals surface area contributed by atoms with Gasteiger partial charge in [0.1, 0.15) is 5.60 Å². The molecule has 0 unspecified atom stereocenters. The Labute approximate surface area is 132 Å². The summed E-state index contributed by atoms with van der Waals surface area (Å²) in [6.07, 6.45) is 1.74. The first-order valence-electron chi connectivity index (χ1n) is 7.85. The molecule has 1 aliphatic heterocycles. The molecule has 5 nitrogen and oxygen atoms in total. The average Bonchev–Trinajstić information content (AvgIpc) is 2.40. The first kappa shape index (κ1) is 16.5. The maximum atomic E-state index is 12.2. The van der Waals surface area contributed by atoms with E-state index >= 15 is 0 Å². The fraction of sp³-hybridized carbons (Fsp3) is 0.588. The third kappa shape index (κ3) is 4.55. The number of piperidine rings is 1. The van der Waals surface area contributed by atoms with Gasteiger partial charge in [-0.1, -0.05) is 6.07 Å². The molecule has 0 bridgehead atoms. The number of rotatable bonds is 2. The monoisotopic (exact) mass is 305 g/mol. The maximum absolute atomic E-state index is 12.2. The normalized spacial score (nSPS) is 18.9. The lowest BCUT2D eigenvalue weighted by Crippen LogP contribution is -2.47. The van der Waals surface area contributed by atoms with Gasteiger partial charge in [-0.25, -0.2) is 4.79 Å². The Morgan fingerprint density at radius 1 is 1.41 bits per heavy atom. The lowest BCUT2D eigenvalue weighted by atomic mass is 10.1. The highest BCUT2D eigenvalue weighted by Gasteiger charge is 2.27. The number of anilines is 2. The number of hydrogen-bond acceptors (Lipinski definition) is 4. The molecule has 5 heteroatoms. The Bertz CT molecular complexity index is 537. The highest BCUT2D eigenvalue weighted by atomic mass is 16.6. The number of benzene rings is 1. The predicted molar refractivity (Wildman–Crippen MR) is 90.0 cm³/mol. The standard InChI is InChI=1S/C17H27N3O2/c1-12-7-8-15(14(18)10-12)19-13-6-5-9-20(11-13)16(21)22-17(2,3)4/h7-8,10,13,19H,5-6,9,11,18H2,1-4H3/t13-/m0/s1. The van der Waals surface area contributed by atoms with Crippen LogP contribution >= 0.6 is 0 Å². The second-order valence-electron chi connectivity index (χ2n) is 7.00. The third-order valence-corrected chi connectivity index (χ3v) is 3.64. The molecule has 3 N–H and O–H groups in total. The molecule has 1 amide bonds. The van der Waals surface area contributed by atoms with Gasteiger partial charge in [0, 0.05) is 19.1 Å². The number of carbonyl (C=O) groups is 1. The summed E-state index contributed by atoms with van der Waals surface area (Å²) >= 11 is 0. The van der Waals surface area contributed by atoms with Gasteiger partial charge in [0.25, 0.3) is 0 Å². The highest BCUT2D eigenvalue weighted by molar-refractivity contribution is 5.69. The molecule has 0 spiro atoms. The number of ether oxygens (including phenoxy) is 1. The number of hydrogen-bond donors (Lipinski definition) is 2. The van der Waals surface area contributed by atoms with Crippen LogP contribution in [0.1, 0.15) is 39.2 Å². The van der Waals surface area contributed by atoms with E-state index < -0.39 is 5.60 Å². The molecule has 0 aromatic heterocycles. The van der Waals surface area contributed by atoms with Crippen LogP contribution in [0.25, 0.3) is 0 Å². The predicted octanol–water partition coefficient (Wildman–Crippen LogP) is 3.39. The molecule has 1 saturated heterocycles. The van der Waals surface area contributed by atoms with Crippen LogP contribution in [0.2, 0.25) is 0 Å². The van der Waals surface area contributed by atoms with Crippen molar-refractivity contribution >= 4 is 17.5 Å². The molecule has 0 radical (unpaired) electrons. The molecule has 1 aliphatic rings. The number of likely N-dealkylation sites (tertiary alicyclic amines) is 1. The van der Waals surface area contributed by atoms with Gasteiger partial charge in [0.2, 0.25) is 0 Å². The van der Waals surface area contributed by atoms with E-state index in [1.165, 1.54) is 0 Å². The van der Waals surface area contributed by atoms with Crippen LogP contribution in [-0.2, 0) is 4.74 Å². The molecule has 122 valence electrons. The molecule has 2 rings (SSSR count). The van der Waals surface area contributed by atoms with E-state index in [2.05, 4.69) is 5.32 Å². The van der Waals surface area contributed by atoms with Crippen LogP contribution in [0, 0.1) is 6.92 Å². The SMILES string of the molecule is Cc1ccc(N[C@H]2CCCN(C(=O)OC(C)(C)C)C2)c(N)c1. The van der Waals surface area contributed by atoms with E-state index in [1.807, 2.05) is 45.9 Å². The van der Waals surface area contributed by atoms with E-state index in [4.69, 9.17) is 10.5 Å². The van der Waals surface area contributed by atoms with Gasteiger partial charge < -0.3 is 20.7 Å². The van der Waals surface area contributed by atoms with Crippen LogP contribution in [-0.4, -0.2) is 35.7 Å². The Hall–Kier alpha value is -1.91. The van der Waals surface area contributed by atoms with E-state index in [9.17, 15) is 4.79 Å². The maximum Gasteiger partial charge on any atom is 0.410 e. The average molecular weight is 305 g/mol. The van der Waals surface area contributed by atoms with Gasteiger partial charge in [0.15, 0.2) is 0 Å². The number of nitrogens with two attached hydrogens (primary N) is 1. The Balaban J connectivity index is 1.97. The van der Waals surface area contributed by atoms with Crippen molar-refractivity contribution in [3.05, 3.63) is 23.8 Å². The zero-order valence-electron chi connectivity index (χ0n) is 14.0. The molecular weight excluding hydrogens is 278 g/mol.